The van der Waals surface area contributed by atoms with E-state index in [1.165, 1.54) is 32.4 Å². The lowest BCUT2D eigenvalue weighted by Crippen LogP contribution is -2.49. The maximum atomic E-state index is 12.4. The van der Waals surface area contributed by atoms with Crippen LogP contribution in [0.1, 0.15) is 38.5 Å². The highest BCUT2D eigenvalue weighted by Gasteiger charge is 2.28. The van der Waals surface area contributed by atoms with Gasteiger partial charge in [0, 0.05) is 32.2 Å². The van der Waals surface area contributed by atoms with Gasteiger partial charge in [0.15, 0.2) is 0 Å². The molecule has 3 aliphatic heterocycles. The van der Waals surface area contributed by atoms with Crippen molar-refractivity contribution in [3.8, 4) is 0 Å². The molecular weight excluding hydrogens is 337 g/mol. The van der Waals surface area contributed by atoms with E-state index in [0.29, 0.717) is 12.5 Å². The number of piperidine rings is 2. The van der Waals surface area contributed by atoms with E-state index in [0.717, 1.165) is 45.6 Å². The van der Waals surface area contributed by atoms with Crippen LogP contribution in [0.25, 0.3) is 0 Å². The Hall–Kier alpha value is -0.0700. The van der Waals surface area contributed by atoms with Gasteiger partial charge < -0.3 is 19.9 Å². The Balaban J connectivity index is 0.00000132. The van der Waals surface area contributed by atoms with Crippen LogP contribution in [-0.2, 0) is 9.53 Å². The molecule has 3 heterocycles. The quantitative estimate of drug-likeness (QED) is 0.824. The van der Waals surface area contributed by atoms with Gasteiger partial charge in [-0.25, -0.2) is 0 Å². The second-order valence-electron chi connectivity index (χ2n) is 6.61. The number of amides is 1. The molecule has 3 saturated heterocycles. The minimum atomic E-state index is 0. The lowest BCUT2D eigenvalue weighted by molar-refractivity contribution is -0.136. The summed E-state index contributed by atoms with van der Waals surface area (Å²) in [6, 6.07) is 0.710. The van der Waals surface area contributed by atoms with Gasteiger partial charge in [0.25, 0.3) is 0 Å². The molecule has 1 unspecified atom stereocenters. The number of hydrogen-bond donors (Lipinski definition) is 1. The van der Waals surface area contributed by atoms with Gasteiger partial charge in [-0.05, 0) is 38.8 Å². The van der Waals surface area contributed by atoms with E-state index >= 15 is 0 Å². The predicted molar refractivity (Wildman–Crippen MR) is 96.7 cm³/mol. The van der Waals surface area contributed by atoms with Crippen molar-refractivity contribution in [3.63, 3.8) is 0 Å². The molecule has 0 aromatic rings. The molecule has 3 aliphatic rings. The second-order valence-corrected chi connectivity index (χ2v) is 6.61. The molecule has 0 bridgehead atoms. The molecular formula is C16H31Cl2N3O2. The van der Waals surface area contributed by atoms with Gasteiger partial charge in [0.05, 0.1) is 19.1 Å². The van der Waals surface area contributed by atoms with Gasteiger partial charge in [0.2, 0.25) is 5.91 Å². The van der Waals surface area contributed by atoms with Crippen molar-refractivity contribution in [2.75, 3.05) is 45.9 Å². The Labute approximate surface area is 152 Å². The summed E-state index contributed by atoms with van der Waals surface area (Å²) in [7, 11) is 0. The van der Waals surface area contributed by atoms with Crippen LogP contribution >= 0.6 is 24.8 Å². The lowest BCUT2D eigenvalue weighted by Gasteiger charge is -2.40. The topological polar surface area (TPSA) is 44.8 Å². The summed E-state index contributed by atoms with van der Waals surface area (Å²) < 4.78 is 5.64. The van der Waals surface area contributed by atoms with Crippen LogP contribution < -0.4 is 5.32 Å². The normalized spacial score (nSPS) is 27.0. The van der Waals surface area contributed by atoms with Crippen LogP contribution in [0.5, 0.6) is 0 Å². The Morgan fingerprint density at radius 3 is 2.35 bits per heavy atom. The van der Waals surface area contributed by atoms with Crippen LogP contribution in [0.15, 0.2) is 0 Å². The van der Waals surface area contributed by atoms with E-state index in [4.69, 9.17) is 4.74 Å². The summed E-state index contributed by atoms with van der Waals surface area (Å²) in [4.78, 5) is 17.1. The fourth-order valence-corrected chi connectivity index (χ4v) is 3.84. The summed E-state index contributed by atoms with van der Waals surface area (Å²) in [5.41, 5.74) is 0. The molecule has 1 atom stereocenters. The molecule has 3 fully saturated rings. The van der Waals surface area contributed by atoms with Gasteiger partial charge in [-0.15, -0.1) is 24.8 Å². The molecule has 0 aromatic carbocycles. The monoisotopic (exact) mass is 367 g/mol. The predicted octanol–water partition coefficient (Wildman–Crippen LogP) is 1.69. The molecule has 0 aliphatic carbocycles. The van der Waals surface area contributed by atoms with E-state index in [9.17, 15) is 4.79 Å². The number of carbonyl (C=O) groups excluding carboxylic acids is 1. The van der Waals surface area contributed by atoms with Crippen LogP contribution in [-0.4, -0.2) is 73.7 Å². The molecule has 1 amide bonds. The minimum Gasteiger partial charge on any atom is -0.375 e. The zero-order valence-corrected chi connectivity index (χ0v) is 15.5. The van der Waals surface area contributed by atoms with Crippen molar-refractivity contribution >= 4 is 30.7 Å². The highest BCUT2D eigenvalue weighted by atomic mass is 35.5. The fourth-order valence-electron chi connectivity index (χ4n) is 3.84. The van der Waals surface area contributed by atoms with Crippen LogP contribution in [0, 0.1) is 0 Å². The minimum absolute atomic E-state index is 0. The van der Waals surface area contributed by atoms with Crippen LogP contribution in [0.4, 0.5) is 0 Å². The first-order valence-corrected chi connectivity index (χ1v) is 8.67. The van der Waals surface area contributed by atoms with Crippen LogP contribution in [0.2, 0.25) is 0 Å². The van der Waals surface area contributed by atoms with E-state index in [1.807, 2.05) is 0 Å². The lowest BCUT2D eigenvalue weighted by atomic mass is 9.99. The van der Waals surface area contributed by atoms with Crippen molar-refractivity contribution in [2.24, 2.45) is 0 Å². The molecule has 136 valence electrons. The number of halogens is 2. The average molecular weight is 368 g/mol. The third kappa shape index (κ3) is 6.05. The maximum absolute atomic E-state index is 12.4. The van der Waals surface area contributed by atoms with Gasteiger partial charge >= 0.3 is 0 Å². The number of hydrogen-bond acceptors (Lipinski definition) is 4. The molecule has 23 heavy (non-hydrogen) atoms. The summed E-state index contributed by atoms with van der Waals surface area (Å²) in [5, 5.41) is 3.29. The van der Waals surface area contributed by atoms with Gasteiger partial charge in [-0.1, -0.05) is 6.42 Å². The van der Waals surface area contributed by atoms with Crippen molar-refractivity contribution < 1.29 is 9.53 Å². The molecule has 5 nitrogen and oxygen atoms in total. The SMILES string of the molecule is Cl.Cl.O=C(CC1CNCCO1)N1CCC(N2CCCCC2)CC1. The number of nitrogens with one attached hydrogen (secondary N) is 1. The third-order valence-corrected chi connectivity index (χ3v) is 5.13. The second kappa shape index (κ2) is 10.7. The first kappa shape index (κ1) is 21.0. The maximum Gasteiger partial charge on any atom is 0.225 e. The first-order valence-electron chi connectivity index (χ1n) is 8.67. The Bertz CT molecular complexity index is 340. The Morgan fingerprint density at radius 2 is 1.74 bits per heavy atom. The average Bonchev–Trinajstić information content (AvgIpc) is 2.57. The van der Waals surface area contributed by atoms with Crippen LogP contribution in [0.3, 0.4) is 0 Å². The molecule has 7 heteroatoms. The molecule has 0 aromatic heterocycles. The van der Waals surface area contributed by atoms with E-state index in [1.54, 1.807) is 0 Å². The van der Waals surface area contributed by atoms with Gasteiger partial charge in [-0.2, -0.15) is 0 Å². The molecule has 0 saturated carbocycles. The van der Waals surface area contributed by atoms with Gasteiger partial charge in [-0.3, -0.25) is 4.79 Å². The molecule has 0 spiro atoms. The highest BCUT2D eigenvalue weighted by molar-refractivity contribution is 5.85. The Kier molecular flexibility index (Phi) is 9.78. The standard InChI is InChI=1S/C16H29N3O2.2ClH/c20-16(12-15-13-17-6-11-21-15)19-9-4-14(5-10-19)18-7-2-1-3-8-18;;/h14-15,17H,1-13H2;2*1H. The summed E-state index contributed by atoms with van der Waals surface area (Å²) in [6.45, 7) is 6.84. The van der Waals surface area contributed by atoms with E-state index in [-0.39, 0.29) is 36.8 Å². The number of nitrogens with zero attached hydrogens (tertiary/aromatic N) is 2. The first-order chi connectivity index (χ1) is 10.3. The van der Waals surface area contributed by atoms with E-state index in [2.05, 4.69) is 15.1 Å². The fraction of sp³-hybridized carbons (Fsp3) is 0.938. The summed E-state index contributed by atoms with van der Waals surface area (Å²) in [5.74, 6) is 0.279. The zero-order valence-electron chi connectivity index (χ0n) is 13.9. The molecule has 1 N–H and O–H groups in total. The van der Waals surface area contributed by atoms with Gasteiger partial charge in [0.1, 0.15) is 0 Å². The summed E-state index contributed by atoms with van der Waals surface area (Å²) in [6.07, 6.45) is 7.01. The molecule has 3 rings (SSSR count). The largest absolute Gasteiger partial charge is 0.375 e. The molecule has 0 radical (unpaired) electrons. The summed E-state index contributed by atoms with van der Waals surface area (Å²) >= 11 is 0. The van der Waals surface area contributed by atoms with Crippen molar-refractivity contribution in [1.29, 1.82) is 0 Å². The highest BCUT2D eigenvalue weighted by Crippen LogP contribution is 2.21. The number of rotatable bonds is 3. The third-order valence-electron chi connectivity index (χ3n) is 5.13. The van der Waals surface area contributed by atoms with Crippen molar-refractivity contribution in [2.45, 2.75) is 50.7 Å². The number of morpholine rings is 1. The number of ether oxygens (including phenoxy) is 1. The Morgan fingerprint density at radius 1 is 1.04 bits per heavy atom. The number of likely N-dealkylation sites (tertiary alicyclic amines) is 2. The van der Waals surface area contributed by atoms with Crippen molar-refractivity contribution in [1.82, 2.24) is 15.1 Å². The number of carbonyl (C=O) groups is 1. The smallest absolute Gasteiger partial charge is 0.225 e. The zero-order chi connectivity index (χ0) is 14.5. The van der Waals surface area contributed by atoms with Crippen molar-refractivity contribution in [3.05, 3.63) is 0 Å². The van der Waals surface area contributed by atoms with E-state index < -0.39 is 0 Å².